The standard InChI is InChI=1S/C12H20N4/c1-12(2)4-6-16(9-12)11-14-7-10(3-5-13)8-15-11/h7-8H,3-6,9,13H2,1-2H3. The molecule has 0 spiro atoms. The molecule has 16 heavy (non-hydrogen) atoms. The summed E-state index contributed by atoms with van der Waals surface area (Å²) in [6.07, 6.45) is 5.84. The maximum Gasteiger partial charge on any atom is 0.225 e. The molecule has 2 heterocycles. The van der Waals surface area contributed by atoms with Crippen LogP contribution in [0, 0.1) is 5.41 Å². The second-order valence-electron chi connectivity index (χ2n) is 5.27. The first-order valence-corrected chi connectivity index (χ1v) is 5.87. The molecular formula is C12H20N4. The van der Waals surface area contributed by atoms with Gasteiger partial charge in [0.1, 0.15) is 0 Å². The van der Waals surface area contributed by atoms with Gasteiger partial charge in [-0.25, -0.2) is 9.97 Å². The lowest BCUT2D eigenvalue weighted by Gasteiger charge is -2.19. The highest BCUT2D eigenvalue weighted by atomic mass is 15.3. The number of hydrogen-bond donors (Lipinski definition) is 1. The number of aromatic nitrogens is 2. The van der Waals surface area contributed by atoms with Gasteiger partial charge in [-0.1, -0.05) is 13.8 Å². The van der Waals surface area contributed by atoms with Crippen LogP contribution in [-0.4, -0.2) is 29.6 Å². The van der Waals surface area contributed by atoms with Crippen LogP contribution in [0.4, 0.5) is 5.95 Å². The molecule has 4 heteroatoms. The molecular weight excluding hydrogens is 200 g/mol. The number of nitrogens with zero attached hydrogens (tertiary/aromatic N) is 3. The van der Waals surface area contributed by atoms with Crippen molar-refractivity contribution in [3.8, 4) is 0 Å². The van der Waals surface area contributed by atoms with Gasteiger partial charge >= 0.3 is 0 Å². The molecule has 0 saturated carbocycles. The first-order valence-electron chi connectivity index (χ1n) is 5.87. The number of hydrogen-bond acceptors (Lipinski definition) is 4. The van der Waals surface area contributed by atoms with Crippen molar-refractivity contribution in [2.45, 2.75) is 26.7 Å². The van der Waals surface area contributed by atoms with E-state index in [0.717, 1.165) is 31.0 Å². The van der Waals surface area contributed by atoms with Crippen molar-refractivity contribution in [2.75, 3.05) is 24.5 Å². The van der Waals surface area contributed by atoms with Gasteiger partial charge in [-0.2, -0.15) is 0 Å². The Morgan fingerprint density at radius 3 is 2.56 bits per heavy atom. The first kappa shape index (κ1) is 11.3. The molecule has 0 aromatic carbocycles. The summed E-state index contributed by atoms with van der Waals surface area (Å²) in [6.45, 7) is 7.33. The van der Waals surface area contributed by atoms with E-state index in [0.29, 0.717) is 12.0 Å². The summed E-state index contributed by atoms with van der Waals surface area (Å²) in [4.78, 5) is 11.1. The zero-order valence-electron chi connectivity index (χ0n) is 10.1. The summed E-state index contributed by atoms with van der Waals surface area (Å²) < 4.78 is 0. The van der Waals surface area contributed by atoms with Crippen molar-refractivity contribution < 1.29 is 0 Å². The summed E-state index contributed by atoms with van der Waals surface area (Å²) >= 11 is 0. The minimum atomic E-state index is 0.388. The third kappa shape index (κ3) is 2.50. The van der Waals surface area contributed by atoms with Crippen molar-refractivity contribution in [1.29, 1.82) is 0 Å². The Morgan fingerprint density at radius 2 is 2.06 bits per heavy atom. The van der Waals surface area contributed by atoms with Crippen LogP contribution in [0.25, 0.3) is 0 Å². The Bertz CT molecular complexity index is 345. The van der Waals surface area contributed by atoms with Crippen LogP contribution in [0.2, 0.25) is 0 Å². The largest absolute Gasteiger partial charge is 0.340 e. The normalized spacial score (nSPS) is 19.1. The monoisotopic (exact) mass is 220 g/mol. The van der Waals surface area contributed by atoms with E-state index in [2.05, 4.69) is 28.7 Å². The van der Waals surface area contributed by atoms with Crippen LogP contribution in [0.5, 0.6) is 0 Å². The fraction of sp³-hybridized carbons (Fsp3) is 0.667. The van der Waals surface area contributed by atoms with Gasteiger partial charge < -0.3 is 10.6 Å². The molecule has 88 valence electrons. The third-order valence-corrected chi connectivity index (χ3v) is 3.08. The molecule has 1 aromatic heterocycles. The Morgan fingerprint density at radius 1 is 1.38 bits per heavy atom. The van der Waals surface area contributed by atoms with Crippen LogP contribution in [0.3, 0.4) is 0 Å². The van der Waals surface area contributed by atoms with E-state index in [1.165, 1.54) is 6.42 Å². The fourth-order valence-electron chi connectivity index (χ4n) is 2.09. The lowest BCUT2D eigenvalue weighted by molar-refractivity contribution is 0.418. The second kappa shape index (κ2) is 4.37. The highest BCUT2D eigenvalue weighted by molar-refractivity contribution is 5.32. The Balaban J connectivity index is 2.05. The van der Waals surface area contributed by atoms with E-state index in [9.17, 15) is 0 Å². The summed E-state index contributed by atoms with van der Waals surface area (Å²) in [5, 5.41) is 0. The molecule has 1 fully saturated rings. The number of rotatable bonds is 3. The van der Waals surface area contributed by atoms with Crippen molar-refractivity contribution in [3.63, 3.8) is 0 Å². The van der Waals surface area contributed by atoms with Crippen LogP contribution in [0.15, 0.2) is 12.4 Å². The van der Waals surface area contributed by atoms with Gasteiger partial charge in [-0.3, -0.25) is 0 Å². The molecule has 0 aliphatic carbocycles. The average molecular weight is 220 g/mol. The molecule has 0 unspecified atom stereocenters. The zero-order chi connectivity index (χ0) is 11.6. The van der Waals surface area contributed by atoms with Crippen LogP contribution in [0.1, 0.15) is 25.8 Å². The molecule has 2 rings (SSSR count). The number of anilines is 1. The molecule has 0 bridgehead atoms. The summed E-state index contributed by atoms with van der Waals surface area (Å²) in [5.74, 6) is 0.853. The van der Waals surface area contributed by atoms with Gasteiger partial charge in [0.2, 0.25) is 5.95 Å². The lowest BCUT2D eigenvalue weighted by atomic mass is 9.93. The molecule has 0 atom stereocenters. The second-order valence-corrected chi connectivity index (χ2v) is 5.27. The molecule has 0 amide bonds. The maximum atomic E-state index is 5.49. The molecule has 1 aromatic rings. The van der Waals surface area contributed by atoms with Crippen molar-refractivity contribution in [1.82, 2.24) is 9.97 Å². The number of nitrogens with two attached hydrogens (primary N) is 1. The molecule has 1 saturated heterocycles. The zero-order valence-corrected chi connectivity index (χ0v) is 10.1. The van der Waals surface area contributed by atoms with Gasteiger partial charge in [-0.15, -0.1) is 0 Å². The highest BCUT2D eigenvalue weighted by Crippen LogP contribution is 2.30. The maximum absolute atomic E-state index is 5.49. The fourth-order valence-corrected chi connectivity index (χ4v) is 2.09. The Hall–Kier alpha value is -1.16. The van der Waals surface area contributed by atoms with Gasteiger partial charge in [0.15, 0.2) is 0 Å². The van der Waals surface area contributed by atoms with E-state index in [4.69, 9.17) is 5.73 Å². The van der Waals surface area contributed by atoms with Crippen molar-refractivity contribution in [3.05, 3.63) is 18.0 Å². The van der Waals surface area contributed by atoms with Gasteiger partial charge in [0, 0.05) is 25.5 Å². The van der Waals surface area contributed by atoms with Crippen molar-refractivity contribution in [2.24, 2.45) is 11.1 Å². The predicted octanol–water partition coefficient (Wildman–Crippen LogP) is 1.21. The topological polar surface area (TPSA) is 55.0 Å². The van der Waals surface area contributed by atoms with Gasteiger partial charge in [-0.05, 0) is 30.4 Å². The van der Waals surface area contributed by atoms with E-state index < -0.39 is 0 Å². The minimum absolute atomic E-state index is 0.388. The van der Waals surface area contributed by atoms with E-state index >= 15 is 0 Å². The van der Waals surface area contributed by atoms with Crippen LogP contribution < -0.4 is 10.6 Å². The third-order valence-electron chi connectivity index (χ3n) is 3.08. The predicted molar refractivity (Wildman–Crippen MR) is 65.4 cm³/mol. The average Bonchev–Trinajstić information content (AvgIpc) is 2.61. The molecule has 4 nitrogen and oxygen atoms in total. The van der Waals surface area contributed by atoms with Crippen LogP contribution >= 0.6 is 0 Å². The summed E-state index contributed by atoms with van der Waals surface area (Å²) in [7, 11) is 0. The van der Waals surface area contributed by atoms with Gasteiger partial charge in [0.05, 0.1) is 0 Å². The van der Waals surface area contributed by atoms with Crippen LogP contribution in [-0.2, 0) is 6.42 Å². The SMILES string of the molecule is CC1(C)CCN(c2ncc(CCN)cn2)C1. The van der Waals surface area contributed by atoms with E-state index in [1.807, 2.05) is 12.4 Å². The van der Waals surface area contributed by atoms with E-state index in [-0.39, 0.29) is 0 Å². The summed E-state index contributed by atoms with van der Waals surface area (Å²) in [5.41, 5.74) is 6.99. The first-order chi connectivity index (χ1) is 7.61. The smallest absolute Gasteiger partial charge is 0.225 e. The van der Waals surface area contributed by atoms with Crippen molar-refractivity contribution >= 4 is 5.95 Å². The Kier molecular flexibility index (Phi) is 3.10. The molecule has 1 aliphatic heterocycles. The molecule has 0 radical (unpaired) electrons. The van der Waals surface area contributed by atoms with Gasteiger partial charge in [0.25, 0.3) is 0 Å². The Labute approximate surface area is 96.9 Å². The quantitative estimate of drug-likeness (QED) is 0.832. The molecule has 1 aliphatic rings. The highest BCUT2D eigenvalue weighted by Gasteiger charge is 2.30. The minimum Gasteiger partial charge on any atom is -0.340 e. The van der Waals surface area contributed by atoms with E-state index in [1.54, 1.807) is 0 Å². The lowest BCUT2D eigenvalue weighted by Crippen LogP contribution is -2.24. The summed E-state index contributed by atoms with van der Waals surface area (Å²) in [6, 6.07) is 0. The molecule has 2 N–H and O–H groups in total.